The molecule has 0 spiro atoms. The van der Waals surface area contributed by atoms with Crippen LogP contribution >= 0.6 is 11.3 Å². The van der Waals surface area contributed by atoms with Crippen LogP contribution in [0, 0.1) is 0 Å². The third-order valence-corrected chi connectivity index (χ3v) is 4.67. The van der Waals surface area contributed by atoms with Gasteiger partial charge >= 0.3 is 0 Å². The summed E-state index contributed by atoms with van der Waals surface area (Å²) in [5.74, 6) is 0.402. The number of benzene rings is 1. The standard InChI is InChI=1S/C14H17NOS/c16-13-7-3-4-10-8-12(17-14(10)13)9-15-11-5-1-2-6-11/h3-4,7-8,11,15-16H,1-2,5-6,9H2. The summed E-state index contributed by atoms with van der Waals surface area (Å²) in [6.45, 7) is 0.934. The first-order valence-corrected chi connectivity index (χ1v) is 7.08. The predicted molar refractivity (Wildman–Crippen MR) is 72.6 cm³/mol. The zero-order valence-corrected chi connectivity index (χ0v) is 10.6. The molecule has 1 aromatic heterocycles. The van der Waals surface area contributed by atoms with Gasteiger partial charge in [0.05, 0.1) is 4.70 Å². The zero-order valence-electron chi connectivity index (χ0n) is 9.78. The van der Waals surface area contributed by atoms with Crippen LogP contribution in [-0.4, -0.2) is 11.1 Å². The van der Waals surface area contributed by atoms with Crippen LogP contribution in [0.5, 0.6) is 5.75 Å². The van der Waals surface area contributed by atoms with Gasteiger partial charge in [0.15, 0.2) is 0 Å². The maximum absolute atomic E-state index is 9.75. The van der Waals surface area contributed by atoms with Gasteiger partial charge in [0, 0.05) is 17.5 Å². The molecule has 0 aliphatic heterocycles. The normalized spacial score (nSPS) is 16.9. The van der Waals surface area contributed by atoms with E-state index in [4.69, 9.17) is 0 Å². The lowest BCUT2D eigenvalue weighted by atomic mass is 10.2. The fourth-order valence-electron chi connectivity index (χ4n) is 2.56. The molecular weight excluding hydrogens is 230 g/mol. The molecule has 90 valence electrons. The summed E-state index contributed by atoms with van der Waals surface area (Å²) in [6, 6.07) is 8.60. The molecule has 0 saturated heterocycles. The molecule has 0 unspecified atom stereocenters. The maximum atomic E-state index is 9.75. The minimum Gasteiger partial charge on any atom is -0.506 e. The van der Waals surface area contributed by atoms with Crippen molar-refractivity contribution in [1.29, 1.82) is 0 Å². The van der Waals surface area contributed by atoms with Crippen molar-refractivity contribution in [3.63, 3.8) is 0 Å². The Labute approximate surface area is 105 Å². The van der Waals surface area contributed by atoms with Crippen molar-refractivity contribution in [3.05, 3.63) is 29.1 Å². The third kappa shape index (κ3) is 2.31. The molecule has 3 heteroatoms. The average molecular weight is 247 g/mol. The second-order valence-corrected chi connectivity index (χ2v) is 5.91. The van der Waals surface area contributed by atoms with Crippen LogP contribution in [0.2, 0.25) is 0 Å². The molecule has 1 fully saturated rings. The highest BCUT2D eigenvalue weighted by molar-refractivity contribution is 7.19. The van der Waals surface area contributed by atoms with Crippen LogP contribution in [-0.2, 0) is 6.54 Å². The van der Waals surface area contributed by atoms with Crippen molar-refractivity contribution in [2.24, 2.45) is 0 Å². The molecule has 1 heterocycles. The van der Waals surface area contributed by atoms with Crippen LogP contribution < -0.4 is 5.32 Å². The molecule has 17 heavy (non-hydrogen) atoms. The summed E-state index contributed by atoms with van der Waals surface area (Å²) >= 11 is 1.69. The van der Waals surface area contributed by atoms with Crippen molar-refractivity contribution in [3.8, 4) is 5.75 Å². The maximum Gasteiger partial charge on any atom is 0.133 e. The van der Waals surface area contributed by atoms with E-state index in [0.717, 1.165) is 16.6 Å². The average Bonchev–Trinajstić information content (AvgIpc) is 2.95. The Bertz CT molecular complexity index is 514. The molecule has 0 radical (unpaired) electrons. The van der Waals surface area contributed by atoms with E-state index >= 15 is 0 Å². The molecule has 2 N–H and O–H groups in total. The molecule has 2 nitrogen and oxygen atoms in total. The molecular formula is C14H17NOS. The van der Waals surface area contributed by atoms with Gasteiger partial charge in [0.1, 0.15) is 5.75 Å². The second-order valence-electron chi connectivity index (χ2n) is 4.77. The predicted octanol–water partition coefficient (Wildman–Crippen LogP) is 3.64. The van der Waals surface area contributed by atoms with Gasteiger partial charge in [-0.1, -0.05) is 25.0 Å². The van der Waals surface area contributed by atoms with Gasteiger partial charge in [-0.15, -0.1) is 11.3 Å². The van der Waals surface area contributed by atoms with Crippen LogP contribution in [0.15, 0.2) is 24.3 Å². The van der Waals surface area contributed by atoms with Gasteiger partial charge in [-0.2, -0.15) is 0 Å². The Morgan fingerprint density at radius 1 is 1.29 bits per heavy atom. The van der Waals surface area contributed by atoms with Crippen LogP contribution in [0.4, 0.5) is 0 Å². The van der Waals surface area contributed by atoms with Crippen LogP contribution in [0.3, 0.4) is 0 Å². The first-order valence-electron chi connectivity index (χ1n) is 6.27. The Kier molecular flexibility index (Phi) is 3.04. The number of nitrogens with one attached hydrogen (secondary N) is 1. The minimum atomic E-state index is 0.402. The zero-order chi connectivity index (χ0) is 11.7. The Hall–Kier alpha value is -1.06. The van der Waals surface area contributed by atoms with Gasteiger partial charge in [-0.05, 0) is 30.4 Å². The first kappa shape index (κ1) is 11.1. The molecule has 1 aromatic carbocycles. The lowest BCUT2D eigenvalue weighted by molar-refractivity contribution is 0.482. The molecule has 0 bridgehead atoms. The quantitative estimate of drug-likeness (QED) is 0.868. The van der Waals surface area contributed by atoms with E-state index in [-0.39, 0.29) is 0 Å². The van der Waals surface area contributed by atoms with Crippen molar-refractivity contribution in [1.82, 2.24) is 5.32 Å². The summed E-state index contributed by atoms with van der Waals surface area (Å²) in [5.41, 5.74) is 0. The Morgan fingerprint density at radius 3 is 2.88 bits per heavy atom. The number of hydrogen-bond acceptors (Lipinski definition) is 3. The number of fused-ring (bicyclic) bond motifs is 1. The van der Waals surface area contributed by atoms with E-state index in [0.29, 0.717) is 11.8 Å². The van der Waals surface area contributed by atoms with E-state index < -0.39 is 0 Å². The van der Waals surface area contributed by atoms with Crippen LogP contribution in [0.25, 0.3) is 10.1 Å². The van der Waals surface area contributed by atoms with Crippen molar-refractivity contribution in [2.75, 3.05) is 0 Å². The van der Waals surface area contributed by atoms with Gasteiger partial charge in [0.2, 0.25) is 0 Å². The van der Waals surface area contributed by atoms with E-state index in [1.165, 1.54) is 30.6 Å². The van der Waals surface area contributed by atoms with E-state index in [1.807, 2.05) is 6.07 Å². The largest absolute Gasteiger partial charge is 0.506 e. The molecule has 2 aromatic rings. The fraction of sp³-hybridized carbons (Fsp3) is 0.429. The minimum absolute atomic E-state index is 0.402. The molecule has 1 saturated carbocycles. The summed E-state index contributed by atoms with van der Waals surface area (Å²) in [6.07, 6.45) is 5.36. The highest BCUT2D eigenvalue weighted by Crippen LogP contribution is 2.32. The van der Waals surface area contributed by atoms with Gasteiger partial charge in [0.25, 0.3) is 0 Å². The molecule has 3 rings (SSSR count). The summed E-state index contributed by atoms with van der Waals surface area (Å²) in [4.78, 5) is 1.31. The number of phenols is 1. The summed E-state index contributed by atoms with van der Waals surface area (Å²) in [5, 5.41) is 14.5. The number of rotatable bonds is 3. The molecule has 0 atom stereocenters. The Balaban J connectivity index is 1.74. The van der Waals surface area contributed by atoms with Crippen molar-refractivity contribution < 1.29 is 5.11 Å². The van der Waals surface area contributed by atoms with Gasteiger partial charge in [-0.3, -0.25) is 0 Å². The third-order valence-electron chi connectivity index (χ3n) is 3.49. The summed E-state index contributed by atoms with van der Waals surface area (Å²) < 4.78 is 1.01. The van der Waals surface area contributed by atoms with E-state index in [1.54, 1.807) is 17.4 Å². The second kappa shape index (κ2) is 4.67. The number of thiophene rings is 1. The molecule has 1 aliphatic carbocycles. The highest BCUT2D eigenvalue weighted by atomic mass is 32.1. The van der Waals surface area contributed by atoms with Crippen molar-refractivity contribution in [2.45, 2.75) is 38.3 Å². The number of hydrogen-bond donors (Lipinski definition) is 2. The van der Waals surface area contributed by atoms with Gasteiger partial charge < -0.3 is 10.4 Å². The summed E-state index contributed by atoms with van der Waals surface area (Å²) in [7, 11) is 0. The first-order chi connectivity index (χ1) is 8.33. The molecule has 1 aliphatic rings. The number of phenolic OH excluding ortho intramolecular Hbond substituents is 1. The van der Waals surface area contributed by atoms with E-state index in [2.05, 4.69) is 17.4 Å². The highest BCUT2D eigenvalue weighted by Gasteiger charge is 2.14. The number of aromatic hydroxyl groups is 1. The van der Waals surface area contributed by atoms with E-state index in [9.17, 15) is 5.11 Å². The lowest BCUT2D eigenvalue weighted by Gasteiger charge is -2.09. The SMILES string of the molecule is Oc1cccc2cc(CNC3CCCC3)sc12. The smallest absolute Gasteiger partial charge is 0.133 e. The van der Waals surface area contributed by atoms with Gasteiger partial charge in [-0.25, -0.2) is 0 Å². The molecule has 0 amide bonds. The lowest BCUT2D eigenvalue weighted by Crippen LogP contribution is -2.24. The Morgan fingerprint density at radius 2 is 2.12 bits per heavy atom. The fourth-order valence-corrected chi connectivity index (χ4v) is 3.58. The van der Waals surface area contributed by atoms with Crippen molar-refractivity contribution >= 4 is 21.4 Å². The van der Waals surface area contributed by atoms with Crippen LogP contribution in [0.1, 0.15) is 30.6 Å². The monoisotopic (exact) mass is 247 g/mol. The topological polar surface area (TPSA) is 32.3 Å².